The topological polar surface area (TPSA) is 84.5 Å². The van der Waals surface area contributed by atoms with Gasteiger partial charge in [0.1, 0.15) is 17.3 Å². The summed E-state index contributed by atoms with van der Waals surface area (Å²) in [6, 6.07) is 17.0. The Morgan fingerprint density at radius 2 is 1.62 bits per heavy atom. The van der Waals surface area contributed by atoms with Gasteiger partial charge in [-0.15, -0.1) is 0 Å². The summed E-state index contributed by atoms with van der Waals surface area (Å²) < 4.78 is 33.8. The third-order valence-electron chi connectivity index (χ3n) is 4.78. The fourth-order valence-corrected chi connectivity index (χ4v) is 4.56. The number of nitrogens with one attached hydrogen (secondary N) is 2. The van der Waals surface area contributed by atoms with Crippen molar-refractivity contribution in [2.24, 2.45) is 0 Å². The van der Waals surface area contributed by atoms with Gasteiger partial charge in [-0.25, -0.2) is 8.42 Å². The van der Waals surface area contributed by atoms with Gasteiger partial charge in [0.25, 0.3) is 15.9 Å². The number of sulfonamides is 1. The monoisotopic (exact) mass is 472 g/mol. The Morgan fingerprint density at radius 1 is 0.938 bits per heavy atom. The summed E-state index contributed by atoms with van der Waals surface area (Å²) in [7, 11) is -3.97. The van der Waals surface area contributed by atoms with Crippen molar-refractivity contribution < 1.29 is 17.9 Å². The second kappa shape index (κ2) is 10.1. The van der Waals surface area contributed by atoms with Crippen LogP contribution in [0.3, 0.4) is 0 Å². The molecule has 0 aromatic heterocycles. The summed E-state index contributed by atoms with van der Waals surface area (Å²) in [5.41, 5.74) is 3.70. The number of aryl methyl sites for hydroxylation is 3. The molecule has 0 saturated carbocycles. The minimum absolute atomic E-state index is 0.0272. The van der Waals surface area contributed by atoms with Gasteiger partial charge in [-0.1, -0.05) is 41.4 Å². The number of benzene rings is 3. The zero-order chi connectivity index (χ0) is 23.3. The van der Waals surface area contributed by atoms with Gasteiger partial charge in [0.15, 0.2) is 0 Å². The maximum absolute atomic E-state index is 12.8. The van der Waals surface area contributed by atoms with Crippen molar-refractivity contribution in [2.75, 3.05) is 17.9 Å². The van der Waals surface area contributed by atoms with Crippen LogP contribution in [-0.2, 0) is 10.0 Å². The van der Waals surface area contributed by atoms with Crippen LogP contribution in [0.5, 0.6) is 5.75 Å². The molecule has 3 aromatic carbocycles. The van der Waals surface area contributed by atoms with E-state index in [0.29, 0.717) is 5.69 Å². The van der Waals surface area contributed by atoms with Crippen molar-refractivity contribution >= 4 is 33.2 Å². The molecule has 0 saturated heterocycles. The maximum atomic E-state index is 12.8. The lowest BCUT2D eigenvalue weighted by atomic mass is 10.1. The minimum atomic E-state index is -3.97. The number of carbonyl (C=O) groups excluding carboxylic acids is 1. The van der Waals surface area contributed by atoms with Gasteiger partial charge < -0.3 is 10.1 Å². The highest BCUT2D eigenvalue weighted by Crippen LogP contribution is 2.25. The number of halogens is 1. The van der Waals surface area contributed by atoms with E-state index in [9.17, 15) is 13.2 Å². The Hall–Kier alpha value is -3.03. The van der Waals surface area contributed by atoms with Crippen LogP contribution >= 0.6 is 11.6 Å². The lowest BCUT2D eigenvalue weighted by molar-refractivity contribution is 0.0946. The molecule has 3 aromatic rings. The van der Waals surface area contributed by atoms with Crippen LogP contribution in [0.25, 0.3) is 0 Å². The molecule has 0 atom stereocenters. The van der Waals surface area contributed by atoms with Gasteiger partial charge in [0.05, 0.1) is 11.6 Å². The molecule has 0 bridgehead atoms. The Morgan fingerprint density at radius 3 is 2.34 bits per heavy atom. The normalized spacial score (nSPS) is 11.1. The molecule has 0 fully saturated rings. The quantitative estimate of drug-likeness (QED) is 0.458. The van der Waals surface area contributed by atoms with Gasteiger partial charge >= 0.3 is 0 Å². The number of anilines is 1. The van der Waals surface area contributed by atoms with E-state index in [-0.39, 0.29) is 28.6 Å². The molecule has 2 N–H and O–H groups in total. The zero-order valence-electron chi connectivity index (χ0n) is 18.1. The SMILES string of the molecule is Cc1ccc(NS(=O)(=O)c2cc(C(=O)NCCOc3cc(C)ccc3C)ccc2Cl)cc1. The Bertz CT molecular complexity index is 1230. The standard InChI is InChI=1S/C24H25ClN2O4S/c1-16-5-9-20(10-6-16)27-32(29,30)23-15-19(8-11-21(23)25)24(28)26-12-13-31-22-14-17(2)4-7-18(22)3/h4-11,14-15,27H,12-13H2,1-3H3,(H,26,28). The van der Waals surface area contributed by atoms with Gasteiger partial charge in [0, 0.05) is 11.3 Å². The van der Waals surface area contributed by atoms with Crippen LogP contribution in [0.4, 0.5) is 5.69 Å². The lowest BCUT2D eigenvalue weighted by Crippen LogP contribution is -2.28. The third kappa shape index (κ3) is 6.02. The van der Waals surface area contributed by atoms with E-state index in [1.54, 1.807) is 24.3 Å². The average Bonchev–Trinajstić information content (AvgIpc) is 2.75. The number of hydrogen-bond donors (Lipinski definition) is 2. The highest BCUT2D eigenvalue weighted by molar-refractivity contribution is 7.92. The van der Waals surface area contributed by atoms with E-state index in [0.717, 1.165) is 22.4 Å². The second-order valence-electron chi connectivity index (χ2n) is 7.49. The summed E-state index contributed by atoms with van der Waals surface area (Å²) in [6.07, 6.45) is 0. The van der Waals surface area contributed by atoms with Crippen molar-refractivity contribution in [2.45, 2.75) is 25.7 Å². The van der Waals surface area contributed by atoms with Crippen molar-refractivity contribution in [3.63, 3.8) is 0 Å². The van der Waals surface area contributed by atoms with E-state index in [2.05, 4.69) is 10.0 Å². The van der Waals surface area contributed by atoms with Crippen molar-refractivity contribution in [3.05, 3.63) is 87.9 Å². The van der Waals surface area contributed by atoms with E-state index < -0.39 is 15.9 Å². The molecule has 0 heterocycles. The molecule has 0 aliphatic carbocycles. The molecule has 8 heteroatoms. The predicted molar refractivity (Wildman–Crippen MR) is 127 cm³/mol. The number of hydrogen-bond acceptors (Lipinski definition) is 4. The molecule has 0 radical (unpaired) electrons. The first kappa shape index (κ1) is 23.6. The van der Waals surface area contributed by atoms with Crippen LogP contribution in [0.15, 0.2) is 65.6 Å². The van der Waals surface area contributed by atoms with Gasteiger partial charge in [0.2, 0.25) is 0 Å². The van der Waals surface area contributed by atoms with E-state index in [1.165, 1.54) is 18.2 Å². The molecule has 32 heavy (non-hydrogen) atoms. The summed E-state index contributed by atoms with van der Waals surface area (Å²) in [5, 5.41) is 2.76. The highest BCUT2D eigenvalue weighted by atomic mass is 35.5. The molecule has 6 nitrogen and oxygen atoms in total. The maximum Gasteiger partial charge on any atom is 0.263 e. The largest absolute Gasteiger partial charge is 0.491 e. The van der Waals surface area contributed by atoms with Crippen LogP contribution < -0.4 is 14.8 Å². The zero-order valence-corrected chi connectivity index (χ0v) is 19.7. The van der Waals surface area contributed by atoms with E-state index in [4.69, 9.17) is 16.3 Å². The first-order chi connectivity index (χ1) is 15.2. The van der Waals surface area contributed by atoms with Crippen molar-refractivity contribution in [1.29, 1.82) is 0 Å². The molecule has 3 rings (SSSR count). The highest BCUT2D eigenvalue weighted by Gasteiger charge is 2.20. The van der Waals surface area contributed by atoms with Crippen LogP contribution in [0.1, 0.15) is 27.0 Å². The molecule has 1 amide bonds. The molecule has 0 unspecified atom stereocenters. The lowest BCUT2D eigenvalue weighted by Gasteiger charge is -2.12. The summed E-state index contributed by atoms with van der Waals surface area (Å²) >= 11 is 6.13. The predicted octanol–water partition coefficient (Wildman–Crippen LogP) is 4.87. The smallest absolute Gasteiger partial charge is 0.263 e. The molecule has 0 aliphatic heterocycles. The Labute approximate surface area is 193 Å². The Kier molecular flexibility index (Phi) is 7.43. The number of carbonyl (C=O) groups is 1. The van der Waals surface area contributed by atoms with Gasteiger partial charge in [-0.2, -0.15) is 0 Å². The summed E-state index contributed by atoms with van der Waals surface area (Å²) in [6.45, 7) is 6.38. The number of amides is 1. The van der Waals surface area contributed by atoms with Crippen LogP contribution in [-0.4, -0.2) is 27.5 Å². The first-order valence-electron chi connectivity index (χ1n) is 10.0. The van der Waals surface area contributed by atoms with E-state index in [1.807, 2.05) is 39.0 Å². The molecular weight excluding hydrogens is 448 g/mol. The summed E-state index contributed by atoms with van der Waals surface area (Å²) in [4.78, 5) is 12.4. The van der Waals surface area contributed by atoms with Gasteiger partial charge in [-0.05, 0) is 68.3 Å². The van der Waals surface area contributed by atoms with Crippen molar-refractivity contribution in [3.8, 4) is 5.75 Å². The molecule has 0 aliphatic rings. The van der Waals surface area contributed by atoms with E-state index >= 15 is 0 Å². The third-order valence-corrected chi connectivity index (χ3v) is 6.64. The molecule has 0 spiro atoms. The van der Waals surface area contributed by atoms with Crippen LogP contribution in [0, 0.1) is 20.8 Å². The molecule has 168 valence electrons. The van der Waals surface area contributed by atoms with Crippen LogP contribution in [0.2, 0.25) is 5.02 Å². The number of ether oxygens (including phenoxy) is 1. The minimum Gasteiger partial charge on any atom is -0.491 e. The van der Waals surface area contributed by atoms with Crippen molar-refractivity contribution in [1.82, 2.24) is 5.32 Å². The average molecular weight is 473 g/mol. The fourth-order valence-electron chi connectivity index (χ4n) is 2.97. The second-order valence-corrected chi connectivity index (χ2v) is 9.55. The fraction of sp³-hybridized carbons (Fsp3) is 0.208. The summed E-state index contributed by atoms with van der Waals surface area (Å²) in [5.74, 6) is 0.347. The Balaban J connectivity index is 1.65. The number of rotatable bonds is 8. The molecular formula is C24H25ClN2O4S. The van der Waals surface area contributed by atoms with Gasteiger partial charge in [-0.3, -0.25) is 9.52 Å². The first-order valence-corrected chi connectivity index (χ1v) is 11.9.